The molecule has 0 atom stereocenters. The summed E-state index contributed by atoms with van der Waals surface area (Å²) in [5, 5.41) is 3.83. The first-order chi connectivity index (χ1) is 15.1. The van der Waals surface area contributed by atoms with Gasteiger partial charge in [0.25, 0.3) is 0 Å². The molecule has 0 bridgehead atoms. The Labute approximate surface area is 185 Å². The number of rotatable bonds is 7. The zero-order valence-corrected chi connectivity index (χ0v) is 18.5. The molecule has 0 radical (unpaired) electrons. The molecule has 4 rings (SSSR count). The third kappa shape index (κ3) is 4.59. The second-order valence-electron chi connectivity index (χ2n) is 7.35. The molecule has 1 saturated heterocycles. The van der Waals surface area contributed by atoms with Crippen molar-refractivity contribution in [3.63, 3.8) is 0 Å². The quantitative estimate of drug-likeness (QED) is 0.517. The summed E-state index contributed by atoms with van der Waals surface area (Å²) in [5.41, 5.74) is 8.65. The van der Waals surface area contributed by atoms with E-state index in [0.29, 0.717) is 27.1 Å². The molecule has 0 aliphatic carbocycles. The summed E-state index contributed by atoms with van der Waals surface area (Å²) < 4.78 is 10.5. The van der Waals surface area contributed by atoms with Gasteiger partial charge in [0.2, 0.25) is 5.78 Å². The van der Waals surface area contributed by atoms with Crippen LogP contribution in [0.25, 0.3) is 0 Å². The average molecular weight is 439 g/mol. The molecule has 1 fully saturated rings. The van der Waals surface area contributed by atoms with Crippen molar-refractivity contribution in [2.45, 2.75) is 19.3 Å². The lowest BCUT2D eigenvalue weighted by atomic mass is 10.1. The van der Waals surface area contributed by atoms with Crippen molar-refractivity contribution in [2.75, 3.05) is 43.3 Å². The normalized spacial score (nSPS) is 13.7. The first-order valence-corrected chi connectivity index (χ1v) is 11.1. The molecule has 3 aromatic rings. The molecule has 1 aliphatic heterocycles. The molecular formula is C23H26N4O3S. The van der Waals surface area contributed by atoms with Crippen molar-refractivity contribution in [3.8, 4) is 11.5 Å². The number of hydrogen-bond acceptors (Lipinski definition) is 8. The fraction of sp³-hybridized carbons (Fsp3) is 0.304. The van der Waals surface area contributed by atoms with Crippen LogP contribution >= 0.6 is 11.3 Å². The number of nitrogens with zero attached hydrogens (tertiary/aromatic N) is 2. The molecule has 2 aromatic carbocycles. The van der Waals surface area contributed by atoms with Gasteiger partial charge in [0, 0.05) is 30.0 Å². The number of ketones is 1. The van der Waals surface area contributed by atoms with Crippen LogP contribution in [-0.4, -0.2) is 38.1 Å². The predicted octanol–water partition coefficient (Wildman–Crippen LogP) is 4.71. The monoisotopic (exact) mass is 438 g/mol. The van der Waals surface area contributed by atoms with Crippen molar-refractivity contribution < 1.29 is 14.3 Å². The number of thiazole rings is 1. The zero-order valence-electron chi connectivity index (χ0n) is 17.7. The number of ether oxygens (including phenoxy) is 2. The van der Waals surface area contributed by atoms with E-state index in [4.69, 9.17) is 15.2 Å². The lowest BCUT2D eigenvalue weighted by molar-refractivity contribution is 0.104. The summed E-state index contributed by atoms with van der Waals surface area (Å²) >= 11 is 1.23. The second-order valence-corrected chi connectivity index (χ2v) is 8.35. The highest BCUT2D eigenvalue weighted by Gasteiger charge is 2.20. The van der Waals surface area contributed by atoms with Crippen molar-refractivity contribution >= 4 is 39.4 Å². The summed E-state index contributed by atoms with van der Waals surface area (Å²) in [4.78, 5) is 20.1. The Bertz CT molecular complexity index is 1060. The highest BCUT2D eigenvalue weighted by Crippen LogP contribution is 2.33. The molecule has 0 spiro atoms. The maximum Gasteiger partial charge on any atom is 0.206 e. The van der Waals surface area contributed by atoms with E-state index in [2.05, 4.69) is 27.3 Å². The summed E-state index contributed by atoms with van der Waals surface area (Å²) in [6.45, 7) is 2.22. The van der Waals surface area contributed by atoms with Crippen molar-refractivity contribution in [1.82, 2.24) is 4.98 Å². The van der Waals surface area contributed by atoms with E-state index in [1.165, 1.54) is 43.4 Å². The van der Waals surface area contributed by atoms with Gasteiger partial charge in [0.15, 0.2) is 16.6 Å². The van der Waals surface area contributed by atoms with Gasteiger partial charge < -0.3 is 25.4 Å². The summed E-state index contributed by atoms with van der Waals surface area (Å²) in [5.74, 6) is 1.05. The molecule has 31 heavy (non-hydrogen) atoms. The Morgan fingerprint density at radius 2 is 1.74 bits per heavy atom. The van der Waals surface area contributed by atoms with Crippen molar-refractivity contribution in [3.05, 3.63) is 52.9 Å². The molecule has 7 nitrogen and oxygen atoms in total. The molecular weight excluding hydrogens is 412 g/mol. The van der Waals surface area contributed by atoms with E-state index >= 15 is 0 Å². The third-order valence-corrected chi connectivity index (χ3v) is 6.33. The Morgan fingerprint density at radius 1 is 1.03 bits per heavy atom. The minimum atomic E-state index is -0.204. The topological polar surface area (TPSA) is 89.7 Å². The number of nitrogens with one attached hydrogen (secondary N) is 1. The van der Waals surface area contributed by atoms with E-state index in [1.54, 1.807) is 25.3 Å². The van der Waals surface area contributed by atoms with Crippen LogP contribution in [0.1, 0.15) is 34.5 Å². The Kier molecular flexibility index (Phi) is 6.27. The molecule has 1 aromatic heterocycles. The van der Waals surface area contributed by atoms with Gasteiger partial charge in [-0.25, -0.2) is 4.98 Å². The highest BCUT2D eigenvalue weighted by atomic mass is 32.1. The maximum atomic E-state index is 13.0. The molecule has 8 heteroatoms. The van der Waals surface area contributed by atoms with Gasteiger partial charge in [-0.15, -0.1) is 0 Å². The first-order valence-electron chi connectivity index (χ1n) is 10.2. The average Bonchev–Trinajstić information content (AvgIpc) is 3.18. The predicted molar refractivity (Wildman–Crippen MR) is 125 cm³/mol. The molecule has 162 valence electrons. The minimum absolute atomic E-state index is 0.204. The Hall–Kier alpha value is -3.26. The van der Waals surface area contributed by atoms with E-state index in [-0.39, 0.29) is 11.6 Å². The number of benzene rings is 2. The van der Waals surface area contributed by atoms with Crippen LogP contribution in [0.3, 0.4) is 0 Å². The van der Waals surface area contributed by atoms with Gasteiger partial charge in [0.05, 0.1) is 14.2 Å². The summed E-state index contributed by atoms with van der Waals surface area (Å²) in [6, 6.07) is 13.3. The van der Waals surface area contributed by atoms with Gasteiger partial charge >= 0.3 is 0 Å². The SMILES string of the molecule is COc1ccc(C(=O)c2sc(Nc3ccc(N4CCCCC4)cc3)nc2N)cc1OC. The van der Waals surface area contributed by atoms with Crippen LogP contribution in [-0.2, 0) is 0 Å². The first kappa shape index (κ1) is 21.0. The Morgan fingerprint density at radius 3 is 2.42 bits per heavy atom. The van der Waals surface area contributed by atoms with Crippen molar-refractivity contribution in [2.24, 2.45) is 0 Å². The number of nitrogens with two attached hydrogens (primary N) is 1. The summed E-state index contributed by atoms with van der Waals surface area (Å²) in [6.07, 6.45) is 3.80. The standard InChI is InChI=1S/C23H26N4O3S/c1-29-18-11-6-15(14-19(18)30-2)20(28)21-22(24)26-23(31-21)25-16-7-9-17(10-8-16)27-12-4-3-5-13-27/h6-11,14H,3-5,12-13,24H2,1-2H3,(H,25,26). The van der Waals surface area contributed by atoms with Crippen LogP contribution in [0, 0.1) is 0 Å². The number of carbonyl (C=O) groups is 1. The molecule has 3 N–H and O–H groups in total. The van der Waals surface area contributed by atoms with Crippen LogP contribution in [0.4, 0.5) is 22.3 Å². The maximum absolute atomic E-state index is 13.0. The molecule has 1 aliphatic rings. The molecule has 0 unspecified atom stereocenters. The van der Waals surface area contributed by atoms with Gasteiger partial charge in [0.1, 0.15) is 10.7 Å². The lowest BCUT2D eigenvalue weighted by Gasteiger charge is -2.28. The lowest BCUT2D eigenvalue weighted by Crippen LogP contribution is -2.29. The van der Waals surface area contributed by atoms with Crippen molar-refractivity contribution in [1.29, 1.82) is 0 Å². The smallest absolute Gasteiger partial charge is 0.206 e. The largest absolute Gasteiger partial charge is 0.493 e. The second kappa shape index (κ2) is 9.26. The van der Waals surface area contributed by atoms with Gasteiger partial charge in [-0.05, 0) is 61.7 Å². The fourth-order valence-electron chi connectivity index (χ4n) is 3.69. The number of hydrogen-bond donors (Lipinski definition) is 2. The summed E-state index contributed by atoms with van der Waals surface area (Å²) in [7, 11) is 3.09. The van der Waals surface area contributed by atoms with Crippen LogP contribution in [0.2, 0.25) is 0 Å². The fourth-order valence-corrected chi connectivity index (χ4v) is 4.55. The number of anilines is 4. The zero-order chi connectivity index (χ0) is 21.8. The number of nitrogen functional groups attached to an aromatic ring is 1. The number of methoxy groups -OCH3 is 2. The van der Waals surface area contributed by atoms with E-state index in [9.17, 15) is 4.79 Å². The Balaban J connectivity index is 1.49. The highest BCUT2D eigenvalue weighted by molar-refractivity contribution is 7.18. The third-order valence-electron chi connectivity index (χ3n) is 5.35. The van der Waals surface area contributed by atoms with Crippen LogP contribution in [0.15, 0.2) is 42.5 Å². The van der Waals surface area contributed by atoms with E-state index in [0.717, 1.165) is 18.8 Å². The van der Waals surface area contributed by atoms with E-state index in [1.807, 2.05) is 12.1 Å². The molecule has 0 saturated carbocycles. The van der Waals surface area contributed by atoms with Gasteiger partial charge in [-0.2, -0.15) is 0 Å². The van der Waals surface area contributed by atoms with Gasteiger partial charge in [-0.3, -0.25) is 4.79 Å². The van der Waals surface area contributed by atoms with Crippen LogP contribution < -0.4 is 25.4 Å². The van der Waals surface area contributed by atoms with Gasteiger partial charge in [-0.1, -0.05) is 11.3 Å². The van der Waals surface area contributed by atoms with E-state index < -0.39 is 0 Å². The number of carbonyl (C=O) groups excluding carboxylic acids is 1. The molecule has 2 heterocycles. The minimum Gasteiger partial charge on any atom is -0.493 e. The number of aromatic nitrogens is 1. The van der Waals surface area contributed by atoms with Crippen LogP contribution in [0.5, 0.6) is 11.5 Å². The number of piperidine rings is 1. The molecule has 0 amide bonds.